The fourth-order valence-electron chi connectivity index (χ4n) is 1.63. The van der Waals surface area contributed by atoms with Crippen LogP contribution in [-0.4, -0.2) is 39.3 Å². The molecule has 19 heavy (non-hydrogen) atoms. The number of aromatic nitrogens is 8. The van der Waals surface area contributed by atoms with Crippen LogP contribution in [0.5, 0.6) is 0 Å². The van der Waals surface area contributed by atoms with Crippen LogP contribution >= 0.6 is 11.6 Å². The average Bonchev–Trinajstić information content (AvgIpc) is 2.98. The molecule has 3 rings (SSSR count). The lowest BCUT2D eigenvalue weighted by Gasteiger charge is -2.04. The number of nitrogens with zero attached hydrogens (tertiary/aromatic N) is 8. The molecular formula is C10H9ClN8. The molecule has 3 aromatic rings. The van der Waals surface area contributed by atoms with Gasteiger partial charge in [0.1, 0.15) is 18.0 Å². The molecule has 0 radical (unpaired) electrons. The van der Waals surface area contributed by atoms with E-state index in [0.717, 1.165) is 0 Å². The molecule has 0 fully saturated rings. The van der Waals surface area contributed by atoms with Gasteiger partial charge in [0.05, 0.1) is 0 Å². The Balaban J connectivity index is 2.15. The van der Waals surface area contributed by atoms with Crippen molar-refractivity contribution < 1.29 is 0 Å². The molecule has 9 heteroatoms. The second kappa shape index (κ2) is 4.39. The third-order valence-corrected chi connectivity index (χ3v) is 2.55. The average molecular weight is 277 g/mol. The summed E-state index contributed by atoms with van der Waals surface area (Å²) in [7, 11) is 0. The van der Waals surface area contributed by atoms with E-state index in [1.165, 1.54) is 4.68 Å². The zero-order valence-corrected chi connectivity index (χ0v) is 10.9. The molecule has 0 aromatic carbocycles. The molecule has 0 N–H and O–H groups in total. The molecule has 0 saturated carbocycles. The van der Waals surface area contributed by atoms with Crippen LogP contribution in [0.3, 0.4) is 0 Å². The van der Waals surface area contributed by atoms with Crippen molar-refractivity contribution in [2.45, 2.75) is 13.8 Å². The van der Waals surface area contributed by atoms with Gasteiger partial charge in [0.2, 0.25) is 11.2 Å². The highest BCUT2D eigenvalue weighted by Crippen LogP contribution is 2.10. The van der Waals surface area contributed by atoms with Crippen LogP contribution in [0, 0.1) is 13.8 Å². The van der Waals surface area contributed by atoms with Crippen molar-refractivity contribution in [1.82, 2.24) is 39.3 Å². The zero-order valence-electron chi connectivity index (χ0n) is 10.2. The van der Waals surface area contributed by atoms with E-state index in [-0.39, 0.29) is 5.28 Å². The van der Waals surface area contributed by atoms with E-state index in [4.69, 9.17) is 11.6 Å². The zero-order chi connectivity index (χ0) is 13.4. The molecule has 0 aliphatic heterocycles. The first-order valence-electron chi connectivity index (χ1n) is 5.44. The van der Waals surface area contributed by atoms with Gasteiger partial charge in [0, 0.05) is 12.4 Å². The van der Waals surface area contributed by atoms with Crippen LogP contribution in [0.15, 0.2) is 18.7 Å². The molecule has 0 aliphatic carbocycles. The van der Waals surface area contributed by atoms with E-state index >= 15 is 0 Å². The monoisotopic (exact) mass is 276 g/mol. The van der Waals surface area contributed by atoms with Gasteiger partial charge >= 0.3 is 0 Å². The van der Waals surface area contributed by atoms with E-state index in [1.54, 1.807) is 30.2 Å². The Morgan fingerprint density at radius 1 is 1.05 bits per heavy atom. The summed E-state index contributed by atoms with van der Waals surface area (Å²) in [6.07, 6.45) is 4.92. The fraction of sp³-hybridized carbons (Fsp3) is 0.200. The Labute approximate surface area is 113 Å². The van der Waals surface area contributed by atoms with Gasteiger partial charge < -0.3 is 0 Å². The summed E-state index contributed by atoms with van der Waals surface area (Å²) in [6.45, 7) is 3.61. The number of imidazole rings is 1. The molecule has 0 atom stereocenters. The highest BCUT2D eigenvalue weighted by molar-refractivity contribution is 6.28. The van der Waals surface area contributed by atoms with Crippen LogP contribution in [-0.2, 0) is 0 Å². The largest absolute Gasteiger partial charge is 0.274 e. The second-order valence-corrected chi connectivity index (χ2v) is 4.13. The summed E-state index contributed by atoms with van der Waals surface area (Å²) in [4.78, 5) is 20.5. The summed E-state index contributed by atoms with van der Waals surface area (Å²) >= 11 is 5.92. The minimum absolute atomic E-state index is 0.0845. The van der Waals surface area contributed by atoms with Gasteiger partial charge in [-0.2, -0.15) is 19.6 Å². The molecular weight excluding hydrogens is 268 g/mol. The normalized spacial score (nSPS) is 10.9. The van der Waals surface area contributed by atoms with E-state index in [2.05, 4.69) is 30.0 Å². The van der Waals surface area contributed by atoms with Crippen LogP contribution in [0.2, 0.25) is 5.28 Å². The molecule has 0 aliphatic rings. The third kappa shape index (κ3) is 2.17. The molecule has 0 bridgehead atoms. The minimum Gasteiger partial charge on any atom is -0.274 e. The maximum atomic E-state index is 5.92. The van der Waals surface area contributed by atoms with Gasteiger partial charge in [-0.25, -0.2) is 9.97 Å². The first-order valence-corrected chi connectivity index (χ1v) is 5.82. The van der Waals surface area contributed by atoms with E-state index in [1.807, 2.05) is 6.92 Å². The Morgan fingerprint density at radius 2 is 1.84 bits per heavy atom. The number of halogens is 1. The molecule has 3 aromatic heterocycles. The highest BCUT2D eigenvalue weighted by atomic mass is 35.5. The third-order valence-electron chi connectivity index (χ3n) is 2.38. The van der Waals surface area contributed by atoms with E-state index < -0.39 is 0 Å². The van der Waals surface area contributed by atoms with Crippen LogP contribution in [0.1, 0.15) is 11.6 Å². The van der Waals surface area contributed by atoms with Crippen LogP contribution in [0.25, 0.3) is 11.9 Å². The van der Waals surface area contributed by atoms with Crippen molar-refractivity contribution in [3.05, 3.63) is 35.7 Å². The molecule has 0 amide bonds. The van der Waals surface area contributed by atoms with Gasteiger partial charge in [-0.05, 0) is 25.4 Å². The number of hydrogen-bond acceptors (Lipinski definition) is 6. The van der Waals surface area contributed by atoms with Gasteiger partial charge in [0.15, 0.2) is 0 Å². The van der Waals surface area contributed by atoms with Crippen molar-refractivity contribution in [2.75, 3.05) is 0 Å². The molecule has 3 heterocycles. The molecule has 8 nitrogen and oxygen atoms in total. The van der Waals surface area contributed by atoms with Crippen molar-refractivity contribution in [3.63, 3.8) is 0 Å². The predicted octanol–water partition coefficient (Wildman–Crippen LogP) is 0.908. The van der Waals surface area contributed by atoms with Crippen LogP contribution < -0.4 is 0 Å². The summed E-state index contributed by atoms with van der Waals surface area (Å²) in [5, 5.41) is 4.30. The topological polar surface area (TPSA) is 87.2 Å². The lowest BCUT2D eigenvalue weighted by Crippen LogP contribution is -2.10. The molecule has 0 saturated heterocycles. The van der Waals surface area contributed by atoms with Crippen LogP contribution in [0.4, 0.5) is 0 Å². The standard InChI is InChI=1S/C10H9ClN8/c1-6-13-7(2)19(17-6)10-15-8(11)14-9(16-10)18-4-3-12-5-18/h3-5H,1-2H3. The van der Waals surface area contributed by atoms with Gasteiger partial charge in [-0.15, -0.1) is 5.10 Å². The Kier molecular flexibility index (Phi) is 2.71. The fourth-order valence-corrected chi connectivity index (χ4v) is 1.78. The van der Waals surface area contributed by atoms with E-state index in [0.29, 0.717) is 23.5 Å². The maximum absolute atomic E-state index is 5.92. The maximum Gasteiger partial charge on any atom is 0.258 e. The quantitative estimate of drug-likeness (QED) is 0.691. The molecule has 0 spiro atoms. The summed E-state index contributed by atoms with van der Waals surface area (Å²) in [5.41, 5.74) is 0. The number of hydrogen-bond donors (Lipinski definition) is 0. The lowest BCUT2D eigenvalue weighted by molar-refractivity contribution is 0.747. The first-order chi connectivity index (χ1) is 9.13. The Morgan fingerprint density at radius 3 is 2.47 bits per heavy atom. The highest BCUT2D eigenvalue weighted by Gasteiger charge is 2.12. The van der Waals surface area contributed by atoms with Gasteiger partial charge in [-0.3, -0.25) is 4.57 Å². The predicted molar refractivity (Wildman–Crippen MR) is 66.4 cm³/mol. The van der Waals surface area contributed by atoms with Gasteiger partial charge in [-0.1, -0.05) is 0 Å². The lowest BCUT2D eigenvalue weighted by atomic mass is 10.7. The van der Waals surface area contributed by atoms with Crippen molar-refractivity contribution in [1.29, 1.82) is 0 Å². The number of rotatable bonds is 2. The van der Waals surface area contributed by atoms with Crippen molar-refractivity contribution >= 4 is 11.6 Å². The summed E-state index contributed by atoms with van der Waals surface area (Å²) in [6, 6.07) is 0. The smallest absolute Gasteiger partial charge is 0.258 e. The molecule has 96 valence electrons. The second-order valence-electron chi connectivity index (χ2n) is 3.79. The Hall–Kier alpha value is -2.35. The van der Waals surface area contributed by atoms with E-state index in [9.17, 15) is 0 Å². The van der Waals surface area contributed by atoms with Gasteiger partial charge in [0.25, 0.3) is 5.95 Å². The first kappa shape index (κ1) is 11.7. The SMILES string of the molecule is Cc1nc(C)n(-c2nc(Cl)nc(-n3ccnc3)n2)n1. The van der Waals surface area contributed by atoms with Crippen molar-refractivity contribution in [3.8, 4) is 11.9 Å². The minimum atomic E-state index is 0.0845. The Bertz CT molecular complexity index is 717. The van der Waals surface area contributed by atoms with Crippen molar-refractivity contribution in [2.24, 2.45) is 0 Å². The number of aryl methyl sites for hydroxylation is 2. The summed E-state index contributed by atoms with van der Waals surface area (Å²) in [5.74, 6) is 2.01. The molecule has 0 unspecified atom stereocenters. The summed E-state index contributed by atoms with van der Waals surface area (Å²) < 4.78 is 3.15.